The van der Waals surface area contributed by atoms with Crippen LogP contribution in [0.2, 0.25) is 0 Å². The molecule has 0 amide bonds. The largest absolute Gasteiger partial charge is 0.274 e. The van der Waals surface area contributed by atoms with Gasteiger partial charge in [0.1, 0.15) is 0 Å². The normalized spacial score (nSPS) is 11.3. The SMILES string of the molecule is Cc1ccc(C(=NNO)c2ccccc2)cc1. The second-order valence-electron chi connectivity index (χ2n) is 3.79. The second-order valence-corrected chi connectivity index (χ2v) is 3.79. The number of hydrogen-bond donors (Lipinski definition) is 2. The van der Waals surface area contributed by atoms with E-state index in [1.54, 1.807) is 0 Å². The summed E-state index contributed by atoms with van der Waals surface area (Å²) in [5.41, 5.74) is 5.69. The summed E-state index contributed by atoms with van der Waals surface area (Å²) in [6, 6.07) is 17.7. The number of nitrogens with zero attached hydrogens (tertiary/aromatic N) is 1. The number of hydrazone groups is 1. The summed E-state index contributed by atoms with van der Waals surface area (Å²) in [7, 11) is 0. The second kappa shape index (κ2) is 5.27. The molecular weight excluding hydrogens is 212 g/mol. The van der Waals surface area contributed by atoms with Crippen molar-refractivity contribution in [2.45, 2.75) is 6.92 Å². The Morgan fingerprint density at radius 3 is 2.12 bits per heavy atom. The molecule has 86 valence electrons. The first-order valence-corrected chi connectivity index (χ1v) is 5.40. The van der Waals surface area contributed by atoms with Gasteiger partial charge in [-0.2, -0.15) is 10.7 Å². The summed E-state index contributed by atoms with van der Waals surface area (Å²) in [6.45, 7) is 2.04. The van der Waals surface area contributed by atoms with E-state index in [0.29, 0.717) is 5.71 Å². The molecule has 0 atom stereocenters. The predicted molar refractivity (Wildman–Crippen MR) is 68.2 cm³/mol. The maximum absolute atomic E-state index is 8.78. The molecule has 0 saturated heterocycles. The van der Waals surface area contributed by atoms with Crippen molar-refractivity contribution in [3.63, 3.8) is 0 Å². The van der Waals surface area contributed by atoms with Gasteiger partial charge in [-0.05, 0) is 6.92 Å². The third-order valence-corrected chi connectivity index (χ3v) is 2.53. The molecule has 0 aromatic heterocycles. The molecule has 2 aromatic carbocycles. The molecular formula is C14H14N2O. The van der Waals surface area contributed by atoms with Crippen LogP contribution in [0.25, 0.3) is 0 Å². The molecule has 0 radical (unpaired) electrons. The minimum atomic E-state index is 0.716. The monoisotopic (exact) mass is 226 g/mol. The van der Waals surface area contributed by atoms with Crippen LogP contribution in [0.1, 0.15) is 16.7 Å². The van der Waals surface area contributed by atoms with E-state index >= 15 is 0 Å². The Bertz CT molecular complexity index is 504. The molecule has 0 aliphatic carbocycles. The highest BCUT2D eigenvalue weighted by Gasteiger charge is 2.06. The minimum absolute atomic E-state index is 0.716. The zero-order valence-corrected chi connectivity index (χ0v) is 9.59. The molecule has 2 N–H and O–H groups in total. The standard InChI is InChI=1S/C14H14N2O/c1-11-7-9-13(10-8-11)14(15-16-17)12-5-3-2-4-6-12/h2-10,16-17H,1H3. The summed E-state index contributed by atoms with van der Waals surface area (Å²) < 4.78 is 0. The molecule has 3 nitrogen and oxygen atoms in total. The lowest BCUT2D eigenvalue weighted by Crippen LogP contribution is -2.09. The Labute approximate surface area is 100 Å². The Kier molecular flexibility index (Phi) is 3.52. The molecule has 0 unspecified atom stereocenters. The minimum Gasteiger partial charge on any atom is -0.274 e. The number of rotatable bonds is 3. The first-order valence-electron chi connectivity index (χ1n) is 5.40. The fraction of sp³-hybridized carbons (Fsp3) is 0.0714. The summed E-state index contributed by atoms with van der Waals surface area (Å²) >= 11 is 0. The number of hydrogen-bond acceptors (Lipinski definition) is 3. The highest BCUT2D eigenvalue weighted by atomic mass is 16.5. The Morgan fingerprint density at radius 2 is 1.53 bits per heavy atom. The number of aryl methyl sites for hydroxylation is 1. The number of nitrogens with one attached hydrogen (secondary N) is 1. The molecule has 3 heteroatoms. The van der Waals surface area contributed by atoms with E-state index in [9.17, 15) is 0 Å². The Balaban J connectivity index is 2.44. The van der Waals surface area contributed by atoms with Crippen LogP contribution >= 0.6 is 0 Å². The summed E-state index contributed by atoms with van der Waals surface area (Å²) in [5.74, 6) is 0. The highest BCUT2D eigenvalue weighted by molar-refractivity contribution is 6.12. The first kappa shape index (κ1) is 11.4. The predicted octanol–water partition coefficient (Wildman–Crippen LogP) is 2.73. The van der Waals surface area contributed by atoms with Crippen molar-refractivity contribution in [1.82, 2.24) is 5.59 Å². The Morgan fingerprint density at radius 1 is 0.941 bits per heavy atom. The topological polar surface area (TPSA) is 44.6 Å². The molecule has 0 aliphatic heterocycles. The van der Waals surface area contributed by atoms with Crippen LogP contribution in [0.15, 0.2) is 59.7 Å². The van der Waals surface area contributed by atoms with Crippen LogP contribution in [0.3, 0.4) is 0 Å². The van der Waals surface area contributed by atoms with Crippen molar-refractivity contribution in [3.8, 4) is 0 Å². The van der Waals surface area contributed by atoms with Crippen molar-refractivity contribution < 1.29 is 5.21 Å². The van der Waals surface area contributed by atoms with Crippen LogP contribution in [0.4, 0.5) is 0 Å². The lowest BCUT2D eigenvalue weighted by Gasteiger charge is -2.06. The van der Waals surface area contributed by atoms with Gasteiger partial charge in [0.05, 0.1) is 5.71 Å². The lowest BCUT2D eigenvalue weighted by atomic mass is 10.0. The van der Waals surface area contributed by atoms with E-state index in [-0.39, 0.29) is 0 Å². The van der Waals surface area contributed by atoms with Gasteiger partial charge in [0.2, 0.25) is 0 Å². The van der Waals surface area contributed by atoms with E-state index in [0.717, 1.165) is 11.1 Å². The van der Waals surface area contributed by atoms with Gasteiger partial charge in [-0.3, -0.25) is 5.21 Å². The van der Waals surface area contributed by atoms with Gasteiger partial charge in [0.25, 0.3) is 0 Å². The summed E-state index contributed by atoms with van der Waals surface area (Å²) in [4.78, 5) is 0. The van der Waals surface area contributed by atoms with Gasteiger partial charge in [0, 0.05) is 11.1 Å². The average molecular weight is 226 g/mol. The zero-order valence-electron chi connectivity index (χ0n) is 9.59. The van der Waals surface area contributed by atoms with E-state index < -0.39 is 0 Å². The quantitative estimate of drug-likeness (QED) is 0.624. The van der Waals surface area contributed by atoms with Gasteiger partial charge in [0.15, 0.2) is 0 Å². The molecule has 2 aromatic rings. The van der Waals surface area contributed by atoms with Crippen LogP contribution < -0.4 is 5.59 Å². The number of benzene rings is 2. The van der Waals surface area contributed by atoms with Crippen LogP contribution in [-0.4, -0.2) is 10.9 Å². The van der Waals surface area contributed by atoms with Crippen LogP contribution in [0, 0.1) is 6.92 Å². The van der Waals surface area contributed by atoms with Gasteiger partial charge in [-0.15, -0.1) is 0 Å². The lowest BCUT2D eigenvalue weighted by molar-refractivity contribution is 0.172. The highest BCUT2D eigenvalue weighted by Crippen LogP contribution is 2.11. The molecule has 0 heterocycles. The molecule has 17 heavy (non-hydrogen) atoms. The maximum Gasteiger partial charge on any atom is 0.0998 e. The molecule has 0 aliphatic rings. The van der Waals surface area contributed by atoms with E-state index in [1.165, 1.54) is 5.56 Å². The van der Waals surface area contributed by atoms with Gasteiger partial charge >= 0.3 is 0 Å². The fourth-order valence-electron chi connectivity index (χ4n) is 1.65. The third-order valence-electron chi connectivity index (χ3n) is 2.53. The average Bonchev–Trinajstić information content (AvgIpc) is 2.38. The van der Waals surface area contributed by atoms with Gasteiger partial charge in [-0.1, -0.05) is 60.2 Å². The summed E-state index contributed by atoms with van der Waals surface area (Å²) in [6.07, 6.45) is 0. The summed E-state index contributed by atoms with van der Waals surface area (Å²) in [5, 5.41) is 12.7. The van der Waals surface area contributed by atoms with Crippen molar-refractivity contribution in [3.05, 3.63) is 71.3 Å². The molecule has 0 fully saturated rings. The molecule has 0 saturated carbocycles. The molecule has 0 bridgehead atoms. The van der Waals surface area contributed by atoms with Gasteiger partial charge in [-0.25, -0.2) is 0 Å². The van der Waals surface area contributed by atoms with Gasteiger partial charge < -0.3 is 0 Å². The zero-order chi connectivity index (χ0) is 12.1. The molecule has 0 spiro atoms. The van der Waals surface area contributed by atoms with E-state index in [4.69, 9.17) is 5.21 Å². The fourth-order valence-corrected chi connectivity index (χ4v) is 1.65. The van der Waals surface area contributed by atoms with Crippen molar-refractivity contribution in [2.75, 3.05) is 0 Å². The van der Waals surface area contributed by atoms with Crippen LogP contribution in [-0.2, 0) is 0 Å². The van der Waals surface area contributed by atoms with Crippen molar-refractivity contribution in [1.29, 1.82) is 0 Å². The van der Waals surface area contributed by atoms with Crippen molar-refractivity contribution >= 4 is 5.71 Å². The van der Waals surface area contributed by atoms with Crippen molar-refractivity contribution in [2.24, 2.45) is 5.10 Å². The first-order chi connectivity index (χ1) is 8.31. The third kappa shape index (κ3) is 2.71. The van der Waals surface area contributed by atoms with Crippen LogP contribution in [0.5, 0.6) is 0 Å². The maximum atomic E-state index is 8.78. The smallest absolute Gasteiger partial charge is 0.0998 e. The molecule has 2 rings (SSSR count). The Hall–Kier alpha value is -2.13. The van der Waals surface area contributed by atoms with E-state index in [1.807, 2.05) is 67.1 Å². The van der Waals surface area contributed by atoms with E-state index in [2.05, 4.69) is 5.10 Å².